The minimum absolute atomic E-state index is 0.0862. The number of aromatic amines is 1. The Balaban J connectivity index is 2.82. The molecule has 0 bridgehead atoms. The maximum Gasteiger partial charge on any atom is 0.376 e. The Morgan fingerprint density at radius 1 is 1.40 bits per heavy atom. The van der Waals surface area contributed by atoms with Gasteiger partial charge in [0.25, 0.3) is 0 Å². The molecule has 1 aromatic carbocycles. The van der Waals surface area contributed by atoms with Gasteiger partial charge in [0.1, 0.15) is 0 Å². The first-order valence-corrected chi connectivity index (χ1v) is 4.12. The molecule has 15 heavy (non-hydrogen) atoms. The van der Waals surface area contributed by atoms with Crippen LogP contribution in [0.5, 0.6) is 0 Å². The van der Waals surface area contributed by atoms with E-state index in [9.17, 15) is 9.59 Å². The molecule has 0 atom stereocenters. The summed E-state index contributed by atoms with van der Waals surface area (Å²) in [7, 11) is 0. The van der Waals surface area contributed by atoms with Crippen molar-refractivity contribution in [2.75, 3.05) is 0 Å². The minimum Gasteiger partial charge on any atom is -0.368 e. The minimum atomic E-state index is -0.836. The smallest absolute Gasteiger partial charge is 0.368 e. The third kappa shape index (κ3) is 1.57. The van der Waals surface area contributed by atoms with Crippen LogP contribution in [0.15, 0.2) is 29.1 Å². The van der Waals surface area contributed by atoms with Crippen molar-refractivity contribution in [2.24, 2.45) is 5.90 Å². The summed E-state index contributed by atoms with van der Waals surface area (Å²) in [5.41, 5.74) is -0.191. The van der Waals surface area contributed by atoms with Gasteiger partial charge in [0.05, 0.1) is 5.52 Å². The third-order valence-electron chi connectivity index (χ3n) is 1.94. The van der Waals surface area contributed by atoms with E-state index < -0.39 is 11.7 Å². The lowest BCUT2D eigenvalue weighted by atomic mass is 10.2. The first kappa shape index (κ1) is 9.35. The molecule has 0 unspecified atom stereocenters. The molecule has 76 valence electrons. The van der Waals surface area contributed by atoms with Crippen molar-refractivity contribution in [2.45, 2.75) is 0 Å². The van der Waals surface area contributed by atoms with Gasteiger partial charge in [0.15, 0.2) is 5.69 Å². The lowest BCUT2D eigenvalue weighted by Gasteiger charge is -2.01. The molecule has 6 nitrogen and oxygen atoms in total. The number of fused-ring (bicyclic) bond motifs is 1. The van der Waals surface area contributed by atoms with Gasteiger partial charge in [-0.1, -0.05) is 18.2 Å². The van der Waals surface area contributed by atoms with E-state index in [1.165, 1.54) is 0 Å². The van der Waals surface area contributed by atoms with Gasteiger partial charge in [-0.2, -0.15) is 10.9 Å². The molecular weight excluding hydrogens is 198 g/mol. The van der Waals surface area contributed by atoms with Crippen molar-refractivity contribution < 1.29 is 9.63 Å². The summed E-state index contributed by atoms with van der Waals surface area (Å²) in [4.78, 5) is 32.4. The molecule has 6 heteroatoms. The van der Waals surface area contributed by atoms with Gasteiger partial charge in [-0.15, -0.1) is 0 Å². The first-order valence-electron chi connectivity index (χ1n) is 4.12. The van der Waals surface area contributed by atoms with Gasteiger partial charge in [0, 0.05) is 5.39 Å². The fourth-order valence-electron chi connectivity index (χ4n) is 1.31. The monoisotopic (exact) mass is 205 g/mol. The van der Waals surface area contributed by atoms with Gasteiger partial charge >= 0.3 is 11.7 Å². The van der Waals surface area contributed by atoms with E-state index in [0.717, 1.165) is 0 Å². The van der Waals surface area contributed by atoms with E-state index >= 15 is 0 Å². The second-order valence-corrected chi connectivity index (χ2v) is 2.84. The van der Waals surface area contributed by atoms with Crippen molar-refractivity contribution >= 4 is 16.9 Å². The molecule has 2 aromatic rings. The van der Waals surface area contributed by atoms with Crippen molar-refractivity contribution in [3.63, 3.8) is 0 Å². The molecule has 0 aliphatic rings. The summed E-state index contributed by atoms with van der Waals surface area (Å²) in [5.74, 6) is 3.91. The van der Waals surface area contributed by atoms with Crippen molar-refractivity contribution in [1.82, 2.24) is 9.97 Å². The summed E-state index contributed by atoms with van der Waals surface area (Å²) < 4.78 is 0. The van der Waals surface area contributed by atoms with Crippen LogP contribution in [0.1, 0.15) is 10.5 Å². The van der Waals surface area contributed by atoms with Gasteiger partial charge in [-0.25, -0.2) is 9.59 Å². The fourth-order valence-corrected chi connectivity index (χ4v) is 1.31. The third-order valence-corrected chi connectivity index (χ3v) is 1.94. The number of benzene rings is 1. The van der Waals surface area contributed by atoms with Crippen molar-refractivity contribution in [3.05, 3.63) is 40.4 Å². The SMILES string of the molecule is NOC(=O)c1nc(=O)[nH]c2ccccc12. The maximum atomic E-state index is 11.2. The van der Waals surface area contributed by atoms with E-state index in [4.69, 9.17) is 5.90 Å². The Hall–Kier alpha value is -2.21. The molecule has 1 heterocycles. The Kier molecular flexibility index (Phi) is 2.18. The predicted octanol–water partition coefficient (Wildman–Crippen LogP) is -0.0464. The van der Waals surface area contributed by atoms with Crippen molar-refractivity contribution in [1.29, 1.82) is 0 Å². The van der Waals surface area contributed by atoms with Gasteiger partial charge in [-0.3, -0.25) is 0 Å². The molecule has 0 aliphatic carbocycles. The van der Waals surface area contributed by atoms with E-state index in [1.54, 1.807) is 24.3 Å². The molecule has 0 aliphatic heterocycles. The molecule has 1 aromatic heterocycles. The predicted molar refractivity (Wildman–Crippen MR) is 52.0 cm³/mol. The Morgan fingerprint density at radius 3 is 2.87 bits per heavy atom. The highest BCUT2D eigenvalue weighted by atomic mass is 16.7. The van der Waals surface area contributed by atoms with Crippen LogP contribution in [0.2, 0.25) is 0 Å². The second-order valence-electron chi connectivity index (χ2n) is 2.84. The van der Waals surface area contributed by atoms with Crippen LogP contribution in [0.3, 0.4) is 0 Å². The summed E-state index contributed by atoms with van der Waals surface area (Å²) in [5, 5.41) is 0.493. The van der Waals surface area contributed by atoms with Gasteiger partial charge in [0.2, 0.25) is 0 Å². The molecule has 0 spiro atoms. The topological polar surface area (TPSA) is 98.1 Å². The number of hydrogen-bond acceptors (Lipinski definition) is 5. The van der Waals surface area contributed by atoms with Crippen LogP contribution in [0, 0.1) is 0 Å². The van der Waals surface area contributed by atoms with Crippen LogP contribution in [-0.2, 0) is 4.84 Å². The maximum absolute atomic E-state index is 11.2. The normalized spacial score (nSPS) is 10.2. The zero-order valence-corrected chi connectivity index (χ0v) is 7.56. The fraction of sp³-hybridized carbons (Fsp3) is 0. The first-order chi connectivity index (χ1) is 7.22. The van der Waals surface area contributed by atoms with Crippen LogP contribution in [0.25, 0.3) is 10.9 Å². The quantitative estimate of drug-likeness (QED) is 0.636. The number of nitrogens with one attached hydrogen (secondary N) is 1. The van der Waals surface area contributed by atoms with Gasteiger partial charge < -0.3 is 9.82 Å². The number of nitrogens with zero attached hydrogens (tertiary/aromatic N) is 1. The zero-order chi connectivity index (χ0) is 10.8. The largest absolute Gasteiger partial charge is 0.376 e. The highest BCUT2D eigenvalue weighted by Crippen LogP contribution is 2.12. The number of hydrogen-bond donors (Lipinski definition) is 2. The standard InChI is InChI=1S/C9H7N3O3/c10-15-8(13)7-5-3-1-2-4-6(5)11-9(14)12-7/h1-4H,10H2,(H,11,12,14). The lowest BCUT2D eigenvalue weighted by Crippen LogP contribution is -2.19. The number of nitrogens with two attached hydrogens (primary N) is 1. The van der Waals surface area contributed by atoms with Crippen LogP contribution < -0.4 is 11.6 Å². The van der Waals surface area contributed by atoms with Crippen LogP contribution >= 0.6 is 0 Å². The van der Waals surface area contributed by atoms with E-state index in [2.05, 4.69) is 14.8 Å². The van der Waals surface area contributed by atoms with Gasteiger partial charge in [-0.05, 0) is 6.07 Å². The summed E-state index contributed by atoms with van der Waals surface area (Å²) in [6.07, 6.45) is 0. The number of rotatable bonds is 1. The highest BCUT2D eigenvalue weighted by molar-refractivity contribution is 6.00. The average molecular weight is 205 g/mol. The Bertz CT molecular complexity index is 576. The number of carbonyl (C=O) groups excluding carboxylic acids is 1. The highest BCUT2D eigenvalue weighted by Gasteiger charge is 2.13. The number of H-pyrrole nitrogens is 1. The van der Waals surface area contributed by atoms with E-state index in [1.807, 2.05) is 0 Å². The Labute approximate surface area is 83.6 Å². The molecule has 2 rings (SSSR count). The van der Waals surface area contributed by atoms with Crippen LogP contribution in [0.4, 0.5) is 0 Å². The zero-order valence-electron chi connectivity index (χ0n) is 7.56. The average Bonchev–Trinajstić information content (AvgIpc) is 2.26. The molecule has 0 fully saturated rings. The van der Waals surface area contributed by atoms with E-state index in [0.29, 0.717) is 10.9 Å². The number of aromatic nitrogens is 2. The number of para-hydroxylation sites is 1. The summed E-state index contributed by atoms with van der Waals surface area (Å²) in [6, 6.07) is 6.75. The molecule has 0 saturated heterocycles. The molecule has 0 radical (unpaired) electrons. The molecule has 3 N–H and O–H groups in total. The molecular formula is C9H7N3O3. The van der Waals surface area contributed by atoms with Crippen molar-refractivity contribution in [3.8, 4) is 0 Å². The summed E-state index contributed by atoms with van der Waals surface area (Å²) >= 11 is 0. The lowest BCUT2D eigenvalue weighted by molar-refractivity contribution is 0.0498. The Morgan fingerprint density at radius 2 is 2.13 bits per heavy atom. The molecule has 0 amide bonds. The molecule has 0 saturated carbocycles. The van der Waals surface area contributed by atoms with Crippen LogP contribution in [-0.4, -0.2) is 15.9 Å². The summed E-state index contributed by atoms with van der Waals surface area (Å²) in [6.45, 7) is 0. The van der Waals surface area contributed by atoms with E-state index in [-0.39, 0.29) is 5.69 Å². The number of carbonyl (C=O) groups is 1. The second kappa shape index (κ2) is 3.50.